The lowest BCUT2D eigenvalue weighted by molar-refractivity contribution is 0.138. The summed E-state index contributed by atoms with van der Waals surface area (Å²) in [6.45, 7) is 3.99. The van der Waals surface area contributed by atoms with Gasteiger partial charge in [-0.3, -0.25) is 0 Å². The molecule has 1 fully saturated rings. The first-order chi connectivity index (χ1) is 10.5. The van der Waals surface area contributed by atoms with Crippen molar-refractivity contribution in [2.45, 2.75) is 64.5 Å². The monoisotopic (exact) mass is 326 g/mol. The lowest BCUT2D eigenvalue weighted by atomic mass is 9.94. The number of pyridine rings is 1. The van der Waals surface area contributed by atoms with E-state index in [1.807, 2.05) is 26.0 Å². The third kappa shape index (κ3) is 5.57. The van der Waals surface area contributed by atoms with Crippen molar-refractivity contribution in [1.82, 2.24) is 9.71 Å². The van der Waals surface area contributed by atoms with Gasteiger partial charge in [0.05, 0.1) is 5.75 Å². The molecule has 0 aliphatic heterocycles. The van der Waals surface area contributed by atoms with Crippen LogP contribution in [0.4, 0.5) is 0 Å². The smallest absolute Gasteiger partial charge is 0.213 e. The summed E-state index contributed by atoms with van der Waals surface area (Å²) >= 11 is 0. The highest BCUT2D eigenvalue weighted by molar-refractivity contribution is 7.89. The van der Waals surface area contributed by atoms with E-state index in [0.29, 0.717) is 12.3 Å². The van der Waals surface area contributed by atoms with Crippen LogP contribution in [0.25, 0.3) is 0 Å². The molecule has 1 aromatic heterocycles. The molecule has 6 heteroatoms. The molecule has 0 saturated heterocycles. The number of sulfonamides is 1. The zero-order valence-corrected chi connectivity index (χ0v) is 14.2. The fourth-order valence-electron chi connectivity index (χ4n) is 2.64. The summed E-state index contributed by atoms with van der Waals surface area (Å²) in [5.74, 6) is 0.880. The molecular formula is C16H26N2O3S. The predicted octanol–water partition coefficient (Wildman–Crippen LogP) is 2.80. The van der Waals surface area contributed by atoms with Crippen LogP contribution in [-0.2, 0) is 10.0 Å². The van der Waals surface area contributed by atoms with Gasteiger partial charge < -0.3 is 4.74 Å². The van der Waals surface area contributed by atoms with Crippen molar-refractivity contribution in [3.8, 4) is 5.88 Å². The predicted molar refractivity (Wildman–Crippen MR) is 87.5 cm³/mol. The Hall–Kier alpha value is -1.14. The minimum Gasteiger partial charge on any atom is -0.474 e. The largest absolute Gasteiger partial charge is 0.474 e. The molecule has 22 heavy (non-hydrogen) atoms. The minimum absolute atomic E-state index is 0.0488. The molecule has 0 spiro atoms. The Bertz CT molecular complexity index is 549. The Kier molecular flexibility index (Phi) is 6.20. The van der Waals surface area contributed by atoms with Gasteiger partial charge >= 0.3 is 0 Å². The summed E-state index contributed by atoms with van der Waals surface area (Å²) < 4.78 is 32.5. The molecule has 1 aliphatic carbocycles. The van der Waals surface area contributed by atoms with E-state index >= 15 is 0 Å². The first kappa shape index (κ1) is 17.2. The molecule has 0 atom stereocenters. The second-order valence-electron chi connectivity index (χ2n) is 6.06. The van der Waals surface area contributed by atoms with Crippen molar-refractivity contribution in [2.24, 2.45) is 0 Å². The fourth-order valence-corrected chi connectivity index (χ4v) is 4.17. The van der Waals surface area contributed by atoms with Gasteiger partial charge in [-0.15, -0.1) is 0 Å². The fraction of sp³-hybridized carbons (Fsp3) is 0.688. The van der Waals surface area contributed by atoms with Crippen molar-refractivity contribution in [3.05, 3.63) is 23.9 Å². The van der Waals surface area contributed by atoms with Gasteiger partial charge in [-0.05, 0) is 44.6 Å². The van der Waals surface area contributed by atoms with E-state index in [9.17, 15) is 8.42 Å². The van der Waals surface area contributed by atoms with Crippen LogP contribution >= 0.6 is 0 Å². The first-order valence-electron chi connectivity index (χ1n) is 8.08. The third-order valence-electron chi connectivity index (χ3n) is 3.96. The van der Waals surface area contributed by atoms with Crippen LogP contribution in [0.15, 0.2) is 18.3 Å². The Labute approximate surface area is 133 Å². The van der Waals surface area contributed by atoms with Crippen LogP contribution in [0, 0.1) is 6.92 Å². The van der Waals surface area contributed by atoms with Gasteiger partial charge in [-0.2, -0.15) is 0 Å². The van der Waals surface area contributed by atoms with Crippen LogP contribution in [0.3, 0.4) is 0 Å². The van der Waals surface area contributed by atoms with E-state index in [2.05, 4.69) is 9.71 Å². The topological polar surface area (TPSA) is 68.3 Å². The molecular weight excluding hydrogens is 300 g/mol. The molecule has 0 aromatic carbocycles. The number of rotatable bonds is 7. The van der Waals surface area contributed by atoms with Crippen LogP contribution in [0.2, 0.25) is 0 Å². The summed E-state index contributed by atoms with van der Waals surface area (Å²) in [6, 6.07) is 3.91. The van der Waals surface area contributed by atoms with Gasteiger partial charge in [0.25, 0.3) is 0 Å². The molecule has 1 N–H and O–H groups in total. The normalized spacial score (nSPS) is 22.5. The summed E-state index contributed by atoms with van der Waals surface area (Å²) in [7, 11) is -3.13. The maximum absolute atomic E-state index is 11.9. The Morgan fingerprint density at radius 2 is 2.00 bits per heavy atom. The Morgan fingerprint density at radius 3 is 2.59 bits per heavy atom. The lowest BCUT2D eigenvalue weighted by Gasteiger charge is -2.29. The molecule has 1 saturated carbocycles. The van der Waals surface area contributed by atoms with Crippen molar-refractivity contribution in [2.75, 3.05) is 5.75 Å². The average molecular weight is 326 g/mol. The highest BCUT2D eigenvalue weighted by Gasteiger charge is 2.25. The van der Waals surface area contributed by atoms with Gasteiger partial charge in [-0.25, -0.2) is 18.1 Å². The van der Waals surface area contributed by atoms with E-state index in [4.69, 9.17) is 4.74 Å². The molecule has 0 radical (unpaired) electrons. The number of unbranched alkanes of at least 4 members (excludes halogenated alkanes) is 1. The first-order valence-corrected chi connectivity index (χ1v) is 9.73. The summed E-state index contributed by atoms with van der Waals surface area (Å²) in [5, 5.41) is 0. The standard InChI is InChI=1S/C16H26N2O3S/c1-3-4-11-22(19,20)18-14-6-8-15(9-7-14)21-16-10-5-13(2)12-17-16/h5,10,12,14-15,18H,3-4,6-9,11H2,1-2H3. The summed E-state index contributed by atoms with van der Waals surface area (Å²) in [4.78, 5) is 4.25. The number of hydrogen-bond acceptors (Lipinski definition) is 4. The SMILES string of the molecule is CCCCS(=O)(=O)NC1CCC(Oc2ccc(C)cn2)CC1. The quantitative estimate of drug-likeness (QED) is 0.836. The second kappa shape index (κ2) is 7.92. The number of hydrogen-bond donors (Lipinski definition) is 1. The third-order valence-corrected chi connectivity index (χ3v) is 5.48. The molecule has 1 aromatic rings. The molecule has 5 nitrogen and oxygen atoms in total. The number of nitrogens with one attached hydrogen (secondary N) is 1. The van der Waals surface area contributed by atoms with Crippen molar-refractivity contribution >= 4 is 10.0 Å². The number of ether oxygens (including phenoxy) is 1. The molecule has 0 bridgehead atoms. The maximum Gasteiger partial charge on any atom is 0.213 e. The number of aromatic nitrogens is 1. The van der Waals surface area contributed by atoms with Gasteiger partial charge in [0.2, 0.25) is 15.9 Å². The van der Waals surface area contributed by atoms with Crippen LogP contribution in [-0.4, -0.2) is 31.3 Å². The van der Waals surface area contributed by atoms with E-state index in [0.717, 1.165) is 37.7 Å². The molecule has 0 unspecified atom stereocenters. The van der Waals surface area contributed by atoms with Gasteiger partial charge in [0.1, 0.15) is 6.10 Å². The highest BCUT2D eigenvalue weighted by Crippen LogP contribution is 2.23. The van der Waals surface area contributed by atoms with E-state index < -0.39 is 10.0 Å². The molecule has 0 amide bonds. The molecule has 1 aliphatic rings. The minimum atomic E-state index is -3.13. The molecule has 2 rings (SSSR count). The zero-order valence-electron chi connectivity index (χ0n) is 13.4. The van der Waals surface area contributed by atoms with Gasteiger partial charge in [-0.1, -0.05) is 19.4 Å². The number of aryl methyl sites for hydroxylation is 1. The van der Waals surface area contributed by atoms with Crippen molar-refractivity contribution in [1.29, 1.82) is 0 Å². The van der Waals surface area contributed by atoms with Gasteiger partial charge in [0.15, 0.2) is 0 Å². The maximum atomic E-state index is 11.9. The van der Waals surface area contributed by atoms with Gasteiger partial charge in [0, 0.05) is 18.3 Å². The van der Waals surface area contributed by atoms with Crippen LogP contribution in [0.1, 0.15) is 51.0 Å². The molecule has 1 heterocycles. The van der Waals surface area contributed by atoms with Crippen LogP contribution < -0.4 is 9.46 Å². The summed E-state index contributed by atoms with van der Waals surface area (Å²) in [5.41, 5.74) is 1.11. The van der Waals surface area contributed by atoms with Crippen molar-refractivity contribution in [3.63, 3.8) is 0 Å². The average Bonchev–Trinajstić information content (AvgIpc) is 2.49. The van der Waals surface area contributed by atoms with E-state index in [1.54, 1.807) is 6.20 Å². The second-order valence-corrected chi connectivity index (χ2v) is 7.93. The highest BCUT2D eigenvalue weighted by atomic mass is 32.2. The van der Waals surface area contributed by atoms with E-state index in [-0.39, 0.29) is 17.9 Å². The van der Waals surface area contributed by atoms with Crippen molar-refractivity contribution < 1.29 is 13.2 Å². The zero-order chi connectivity index (χ0) is 16.0. The van der Waals surface area contributed by atoms with Crippen LogP contribution in [0.5, 0.6) is 5.88 Å². The molecule has 124 valence electrons. The summed E-state index contributed by atoms with van der Waals surface area (Å²) in [6.07, 6.45) is 6.89. The lowest BCUT2D eigenvalue weighted by Crippen LogP contribution is -2.40. The number of nitrogens with zero attached hydrogens (tertiary/aromatic N) is 1. The Balaban J connectivity index is 1.77. The van der Waals surface area contributed by atoms with E-state index in [1.165, 1.54) is 0 Å². The Morgan fingerprint density at radius 1 is 1.27 bits per heavy atom.